The van der Waals surface area contributed by atoms with Crippen LogP contribution in [0.25, 0.3) is 0 Å². The molecular formula is C14H15NO6S. The minimum absolute atomic E-state index is 0.0169. The molecule has 1 aromatic heterocycles. The largest absolute Gasteiger partial charge is 0.472 e. The molecule has 1 aromatic carbocycles. The molecule has 0 radical (unpaired) electrons. The van der Waals surface area contributed by atoms with E-state index in [2.05, 4.69) is 4.84 Å². The fraction of sp³-hybridized carbons (Fsp3) is 0.214. The average Bonchev–Trinajstić information content (AvgIpc) is 3.05. The maximum Gasteiger partial charge on any atom is 0.338 e. The predicted octanol–water partition coefficient (Wildman–Crippen LogP) is 1.82. The van der Waals surface area contributed by atoms with E-state index < -0.39 is 16.0 Å². The van der Waals surface area contributed by atoms with Gasteiger partial charge in [-0.2, -0.15) is 0 Å². The number of hydrogen-bond acceptors (Lipinski definition) is 6. The van der Waals surface area contributed by atoms with E-state index in [4.69, 9.17) is 9.15 Å². The third kappa shape index (κ3) is 3.53. The number of nitrogens with zero attached hydrogens (tertiary/aromatic N) is 1. The van der Waals surface area contributed by atoms with Gasteiger partial charge in [-0.3, -0.25) is 4.84 Å². The summed E-state index contributed by atoms with van der Waals surface area (Å²) in [6.07, 6.45) is 2.96. The van der Waals surface area contributed by atoms with Gasteiger partial charge in [-0.1, -0.05) is 4.47 Å². The summed E-state index contributed by atoms with van der Waals surface area (Å²) in [4.78, 5) is 16.5. The fourth-order valence-electron chi connectivity index (χ4n) is 1.62. The molecule has 7 nitrogen and oxygen atoms in total. The van der Waals surface area contributed by atoms with Crippen molar-refractivity contribution in [2.45, 2.75) is 11.5 Å². The highest BCUT2D eigenvalue weighted by Crippen LogP contribution is 2.16. The molecule has 0 aliphatic rings. The molecule has 0 aliphatic carbocycles. The highest BCUT2D eigenvalue weighted by Gasteiger charge is 2.21. The maximum atomic E-state index is 12.0. The van der Waals surface area contributed by atoms with E-state index in [9.17, 15) is 13.2 Å². The van der Waals surface area contributed by atoms with E-state index in [-0.39, 0.29) is 17.1 Å². The Morgan fingerprint density at radius 1 is 1.23 bits per heavy atom. The van der Waals surface area contributed by atoms with E-state index in [1.54, 1.807) is 6.07 Å². The first kappa shape index (κ1) is 16.2. The van der Waals surface area contributed by atoms with Gasteiger partial charge in [0.05, 0.1) is 30.1 Å². The van der Waals surface area contributed by atoms with Crippen LogP contribution in [0.5, 0.6) is 0 Å². The summed E-state index contributed by atoms with van der Waals surface area (Å²) in [7, 11) is -1.20. The van der Waals surface area contributed by atoms with Crippen molar-refractivity contribution < 1.29 is 27.2 Å². The molecule has 2 rings (SSSR count). The van der Waals surface area contributed by atoms with Crippen LogP contribution in [-0.4, -0.2) is 33.0 Å². The lowest BCUT2D eigenvalue weighted by atomic mass is 10.2. The Hall–Kier alpha value is -2.16. The Labute approximate surface area is 128 Å². The summed E-state index contributed by atoms with van der Waals surface area (Å²) < 4.78 is 34.7. The van der Waals surface area contributed by atoms with Crippen molar-refractivity contribution >= 4 is 16.0 Å². The van der Waals surface area contributed by atoms with Crippen molar-refractivity contribution in [1.29, 1.82) is 0 Å². The van der Waals surface area contributed by atoms with Crippen molar-refractivity contribution in [3.8, 4) is 0 Å². The second-order valence-electron chi connectivity index (χ2n) is 4.33. The third-order valence-electron chi connectivity index (χ3n) is 2.93. The van der Waals surface area contributed by atoms with Gasteiger partial charge in [-0.05, 0) is 30.3 Å². The minimum atomic E-state index is -3.73. The molecule has 0 N–H and O–H groups in total. The molecule has 0 aliphatic heterocycles. The van der Waals surface area contributed by atoms with Crippen LogP contribution in [0, 0.1) is 0 Å². The number of esters is 1. The van der Waals surface area contributed by atoms with Gasteiger partial charge >= 0.3 is 5.97 Å². The molecule has 22 heavy (non-hydrogen) atoms. The van der Waals surface area contributed by atoms with E-state index in [0.29, 0.717) is 0 Å². The lowest BCUT2D eigenvalue weighted by Crippen LogP contribution is -2.25. The topological polar surface area (TPSA) is 86.0 Å². The normalized spacial score (nSPS) is 11.6. The minimum Gasteiger partial charge on any atom is -0.472 e. The van der Waals surface area contributed by atoms with Crippen LogP contribution in [0.4, 0.5) is 0 Å². The maximum absolute atomic E-state index is 12.0. The van der Waals surface area contributed by atoms with Crippen LogP contribution in [-0.2, 0) is 26.2 Å². The zero-order chi connectivity index (χ0) is 16.2. The molecule has 0 bridgehead atoms. The molecule has 0 saturated carbocycles. The van der Waals surface area contributed by atoms with Gasteiger partial charge in [-0.15, -0.1) is 0 Å². The highest BCUT2D eigenvalue weighted by atomic mass is 32.2. The van der Waals surface area contributed by atoms with Crippen LogP contribution in [0.3, 0.4) is 0 Å². The van der Waals surface area contributed by atoms with E-state index in [1.165, 1.54) is 50.9 Å². The number of sulfonamides is 1. The summed E-state index contributed by atoms with van der Waals surface area (Å²) >= 11 is 0. The fourth-order valence-corrected chi connectivity index (χ4v) is 2.59. The summed E-state index contributed by atoms with van der Waals surface area (Å²) in [5.74, 6) is -0.551. The van der Waals surface area contributed by atoms with Crippen LogP contribution >= 0.6 is 0 Å². The number of rotatable bonds is 6. The molecule has 1 heterocycles. The quantitative estimate of drug-likeness (QED) is 0.595. The van der Waals surface area contributed by atoms with Crippen LogP contribution < -0.4 is 0 Å². The van der Waals surface area contributed by atoms with Gasteiger partial charge in [0.1, 0.15) is 6.61 Å². The highest BCUT2D eigenvalue weighted by molar-refractivity contribution is 7.89. The van der Waals surface area contributed by atoms with Crippen molar-refractivity contribution in [3.05, 3.63) is 54.0 Å². The van der Waals surface area contributed by atoms with Gasteiger partial charge in [0.2, 0.25) is 0 Å². The number of carbonyl (C=O) groups is 1. The first-order chi connectivity index (χ1) is 10.4. The molecular weight excluding hydrogens is 310 g/mol. The van der Waals surface area contributed by atoms with E-state index in [1.807, 2.05) is 0 Å². The summed E-state index contributed by atoms with van der Waals surface area (Å²) in [6, 6.07) is 7.09. The summed E-state index contributed by atoms with van der Waals surface area (Å²) in [5, 5.41) is 0. The van der Waals surface area contributed by atoms with Gasteiger partial charge in [0.25, 0.3) is 10.0 Å². The molecule has 0 unspecified atom stereocenters. The van der Waals surface area contributed by atoms with E-state index >= 15 is 0 Å². The van der Waals surface area contributed by atoms with Crippen molar-refractivity contribution in [2.75, 3.05) is 14.2 Å². The molecule has 0 atom stereocenters. The van der Waals surface area contributed by atoms with Crippen molar-refractivity contribution in [3.63, 3.8) is 0 Å². The molecule has 118 valence electrons. The zero-order valence-electron chi connectivity index (χ0n) is 12.1. The third-order valence-corrected chi connectivity index (χ3v) is 4.63. The second-order valence-corrected chi connectivity index (χ2v) is 6.27. The smallest absolute Gasteiger partial charge is 0.338 e. The first-order valence-corrected chi connectivity index (χ1v) is 7.70. The predicted molar refractivity (Wildman–Crippen MR) is 76.2 cm³/mol. The number of hydroxylamine groups is 1. The summed E-state index contributed by atoms with van der Waals surface area (Å²) in [6.45, 7) is 0.0851. The molecule has 0 saturated heterocycles. The number of carbonyl (C=O) groups excluding carboxylic acids is 1. The molecule has 2 aromatic rings. The Balaban J connectivity index is 2.07. The SMILES string of the molecule is CON(C)S(=O)(=O)c1ccc(C(=O)OCc2ccoc2)cc1. The Kier molecular flexibility index (Phi) is 4.96. The molecule has 0 fully saturated rings. The van der Waals surface area contributed by atoms with Gasteiger partial charge in [0, 0.05) is 12.6 Å². The van der Waals surface area contributed by atoms with Gasteiger partial charge in [0.15, 0.2) is 0 Å². The van der Waals surface area contributed by atoms with Gasteiger partial charge in [-0.25, -0.2) is 13.2 Å². The van der Waals surface area contributed by atoms with Gasteiger partial charge < -0.3 is 9.15 Å². The molecule has 8 heteroatoms. The lowest BCUT2D eigenvalue weighted by molar-refractivity contribution is -0.0258. The Morgan fingerprint density at radius 3 is 2.45 bits per heavy atom. The number of benzene rings is 1. The number of furan rings is 1. The summed E-state index contributed by atoms with van der Waals surface area (Å²) in [5.41, 5.74) is 0.983. The van der Waals surface area contributed by atoms with Crippen LogP contribution in [0.1, 0.15) is 15.9 Å². The molecule has 0 spiro atoms. The average molecular weight is 325 g/mol. The van der Waals surface area contributed by atoms with E-state index in [0.717, 1.165) is 10.0 Å². The zero-order valence-corrected chi connectivity index (χ0v) is 12.9. The molecule has 0 amide bonds. The number of hydrogen-bond donors (Lipinski definition) is 0. The Bertz CT molecular complexity index is 721. The lowest BCUT2D eigenvalue weighted by Gasteiger charge is -2.14. The second kappa shape index (κ2) is 6.73. The van der Waals surface area contributed by atoms with Crippen molar-refractivity contribution in [2.24, 2.45) is 0 Å². The standard InChI is InChI=1S/C14H15NO6S/c1-15(19-2)22(17,18)13-5-3-12(4-6-13)14(16)21-10-11-7-8-20-9-11/h3-9H,10H2,1-2H3. The van der Waals surface area contributed by atoms with Crippen LogP contribution in [0.2, 0.25) is 0 Å². The van der Waals surface area contributed by atoms with Crippen molar-refractivity contribution in [1.82, 2.24) is 4.47 Å². The monoisotopic (exact) mass is 325 g/mol. The first-order valence-electron chi connectivity index (χ1n) is 6.26. The number of ether oxygens (including phenoxy) is 1. The Morgan fingerprint density at radius 2 is 1.91 bits per heavy atom. The van der Waals surface area contributed by atoms with Crippen LogP contribution in [0.15, 0.2) is 52.2 Å².